The van der Waals surface area contributed by atoms with E-state index >= 15 is 0 Å². The van der Waals surface area contributed by atoms with E-state index in [1.54, 1.807) is 21.9 Å². The monoisotopic (exact) mass is 414 g/mol. The predicted molar refractivity (Wildman–Crippen MR) is 96.8 cm³/mol. The summed E-state index contributed by atoms with van der Waals surface area (Å²) >= 11 is 3.10. The number of hydrogen-bond donors (Lipinski definition) is 0. The van der Waals surface area contributed by atoms with Gasteiger partial charge in [-0.1, -0.05) is 6.07 Å². The third-order valence-corrected chi connectivity index (χ3v) is 4.59. The number of piperazine rings is 1. The second-order valence-corrected chi connectivity index (χ2v) is 8.14. The number of ether oxygens (including phenoxy) is 1. The predicted octanol–water partition coefficient (Wildman–Crippen LogP) is 3.60. The van der Waals surface area contributed by atoms with Crippen molar-refractivity contribution < 1.29 is 18.7 Å². The molecule has 2 amide bonds. The number of carbonyl (C=O) groups excluding carboxylic acids is 2. The number of nitrogens with zero attached hydrogens (tertiary/aromatic N) is 2. The van der Waals surface area contributed by atoms with Crippen LogP contribution in [0.3, 0.4) is 0 Å². The molecule has 1 heterocycles. The molecule has 0 saturated carbocycles. The van der Waals surface area contributed by atoms with E-state index < -0.39 is 5.60 Å². The van der Waals surface area contributed by atoms with E-state index in [4.69, 9.17) is 4.74 Å². The average molecular weight is 415 g/mol. The van der Waals surface area contributed by atoms with Gasteiger partial charge in [0.1, 0.15) is 11.4 Å². The van der Waals surface area contributed by atoms with E-state index in [9.17, 15) is 14.0 Å². The molecule has 1 aromatic rings. The molecule has 25 heavy (non-hydrogen) atoms. The Bertz CT molecular complexity index is 660. The summed E-state index contributed by atoms with van der Waals surface area (Å²) in [7, 11) is 0. The molecule has 0 aromatic heterocycles. The van der Waals surface area contributed by atoms with Crippen LogP contribution in [-0.2, 0) is 16.0 Å². The Labute approximate surface area is 156 Å². The minimum atomic E-state index is -0.546. The molecule has 0 N–H and O–H groups in total. The fourth-order valence-corrected chi connectivity index (χ4v) is 2.96. The molecule has 7 heteroatoms. The van der Waals surface area contributed by atoms with Crippen molar-refractivity contribution in [1.29, 1.82) is 0 Å². The number of benzene rings is 1. The van der Waals surface area contributed by atoms with Crippen LogP contribution in [0.15, 0.2) is 22.7 Å². The van der Waals surface area contributed by atoms with Crippen LogP contribution in [0.1, 0.15) is 33.3 Å². The van der Waals surface area contributed by atoms with E-state index in [1.165, 1.54) is 6.07 Å². The molecular weight excluding hydrogens is 391 g/mol. The van der Waals surface area contributed by atoms with Crippen molar-refractivity contribution >= 4 is 27.9 Å². The summed E-state index contributed by atoms with van der Waals surface area (Å²) in [5, 5.41) is 0. The van der Waals surface area contributed by atoms with Crippen LogP contribution in [0.5, 0.6) is 0 Å². The van der Waals surface area contributed by atoms with Gasteiger partial charge >= 0.3 is 6.09 Å². The number of hydrogen-bond acceptors (Lipinski definition) is 3. The topological polar surface area (TPSA) is 49.9 Å². The van der Waals surface area contributed by atoms with E-state index in [-0.39, 0.29) is 30.3 Å². The van der Waals surface area contributed by atoms with Crippen LogP contribution in [-0.4, -0.2) is 53.1 Å². The summed E-state index contributed by atoms with van der Waals surface area (Å²) in [6.45, 7) is 8.68. The van der Waals surface area contributed by atoms with Gasteiger partial charge in [-0.3, -0.25) is 4.79 Å². The van der Waals surface area contributed by atoms with Gasteiger partial charge in [0, 0.05) is 25.7 Å². The van der Waals surface area contributed by atoms with Gasteiger partial charge in [-0.05, 0) is 61.3 Å². The van der Waals surface area contributed by atoms with Gasteiger partial charge in [0.25, 0.3) is 0 Å². The summed E-state index contributed by atoms with van der Waals surface area (Å²) in [5.74, 6) is -0.453. The van der Waals surface area contributed by atoms with E-state index in [0.29, 0.717) is 29.7 Å². The first-order valence-corrected chi connectivity index (χ1v) is 9.07. The number of amides is 2. The minimum Gasteiger partial charge on any atom is -0.444 e. The van der Waals surface area contributed by atoms with Crippen LogP contribution < -0.4 is 0 Å². The zero-order valence-electron chi connectivity index (χ0n) is 15.0. The van der Waals surface area contributed by atoms with Crippen molar-refractivity contribution in [3.8, 4) is 0 Å². The zero-order chi connectivity index (χ0) is 18.8. The van der Waals surface area contributed by atoms with Gasteiger partial charge in [0.2, 0.25) is 5.91 Å². The highest BCUT2D eigenvalue weighted by molar-refractivity contribution is 9.10. The molecule has 0 bridgehead atoms. The van der Waals surface area contributed by atoms with Crippen molar-refractivity contribution in [1.82, 2.24) is 9.80 Å². The average Bonchev–Trinajstić information content (AvgIpc) is 2.49. The largest absolute Gasteiger partial charge is 0.444 e. The van der Waals surface area contributed by atoms with Gasteiger partial charge in [0.05, 0.1) is 10.9 Å². The fourth-order valence-electron chi connectivity index (χ4n) is 2.71. The Balaban J connectivity index is 1.94. The first-order valence-electron chi connectivity index (χ1n) is 8.28. The smallest absolute Gasteiger partial charge is 0.410 e. The lowest BCUT2D eigenvalue weighted by atomic mass is 10.1. The summed E-state index contributed by atoms with van der Waals surface area (Å²) in [4.78, 5) is 28.0. The highest BCUT2D eigenvalue weighted by Crippen LogP contribution is 2.19. The summed E-state index contributed by atoms with van der Waals surface area (Å²) in [6, 6.07) is 4.56. The summed E-state index contributed by atoms with van der Waals surface area (Å²) < 4.78 is 19.4. The maximum absolute atomic E-state index is 13.6. The fraction of sp³-hybridized carbons (Fsp3) is 0.556. The number of carbonyl (C=O) groups is 2. The van der Waals surface area contributed by atoms with Gasteiger partial charge in [-0.25, -0.2) is 9.18 Å². The Morgan fingerprint density at radius 2 is 2.00 bits per heavy atom. The second kappa shape index (κ2) is 7.72. The number of rotatable bonds is 2. The van der Waals surface area contributed by atoms with Crippen molar-refractivity contribution in [3.05, 3.63) is 34.1 Å². The minimum absolute atomic E-state index is 0.0718. The highest BCUT2D eigenvalue weighted by Gasteiger charge is 2.32. The third kappa shape index (κ3) is 5.42. The van der Waals surface area contributed by atoms with Crippen LogP contribution in [0.2, 0.25) is 0 Å². The lowest BCUT2D eigenvalue weighted by molar-refractivity contribution is -0.133. The first kappa shape index (κ1) is 19.7. The molecule has 0 spiro atoms. The van der Waals surface area contributed by atoms with Crippen LogP contribution in [0.4, 0.5) is 9.18 Å². The van der Waals surface area contributed by atoms with Gasteiger partial charge in [-0.2, -0.15) is 0 Å². The highest BCUT2D eigenvalue weighted by atomic mass is 79.9. The van der Waals surface area contributed by atoms with Crippen molar-refractivity contribution in [2.24, 2.45) is 0 Å². The molecule has 1 aliphatic heterocycles. The molecular formula is C18H24BrFN2O3. The molecule has 1 aromatic carbocycles. The molecule has 0 radical (unpaired) electrons. The Hall–Kier alpha value is -1.63. The first-order chi connectivity index (χ1) is 11.6. The molecule has 1 unspecified atom stereocenters. The van der Waals surface area contributed by atoms with Crippen molar-refractivity contribution in [3.63, 3.8) is 0 Å². The van der Waals surface area contributed by atoms with Crippen LogP contribution in [0, 0.1) is 5.82 Å². The Morgan fingerprint density at radius 1 is 1.32 bits per heavy atom. The lowest BCUT2D eigenvalue weighted by Gasteiger charge is -2.40. The molecule has 1 atom stereocenters. The Morgan fingerprint density at radius 3 is 2.56 bits per heavy atom. The molecule has 5 nitrogen and oxygen atoms in total. The number of halogens is 2. The standard InChI is InChI=1S/C18H24BrFN2O3/c1-12-11-21(7-8-22(12)17(24)25-18(2,3)4)16(23)10-13-5-6-14(19)15(20)9-13/h5-6,9,12H,7-8,10-11H2,1-4H3. The molecule has 1 aliphatic rings. The maximum atomic E-state index is 13.6. The second-order valence-electron chi connectivity index (χ2n) is 7.29. The maximum Gasteiger partial charge on any atom is 0.410 e. The molecule has 138 valence electrons. The molecule has 1 fully saturated rings. The van der Waals surface area contributed by atoms with Gasteiger partial charge in [0.15, 0.2) is 0 Å². The SMILES string of the molecule is CC1CN(C(=O)Cc2ccc(Br)c(F)c2)CCN1C(=O)OC(C)(C)C. The van der Waals surface area contributed by atoms with Crippen LogP contribution in [0.25, 0.3) is 0 Å². The van der Waals surface area contributed by atoms with Gasteiger partial charge < -0.3 is 14.5 Å². The Kier molecular flexibility index (Phi) is 6.08. The van der Waals surface area contributed by atoms with E-state index in [2.05, 4.69) is 15.9 Å². The molecule has 2 rings (SSSR count). The van der Waals surface area contributed by atoms with Crippen LogP contribution >= 0.6 is 15.9 Å². The van der Waals surface area contributed by atoms with Crippen molar-refractivity contribution in [2.45, 2.75) is 45.8 Å². The van der Waals surface area contributed by atoms with E-state index in [1.807, 2.05) is 27.7 Å². The van der Waals surface area contributed by atoms with Crippen molar-refractivity contribution in [2.75, 3.05) is 19.6 Å². The quantitative estimate of drug-likeness (QED) is 0.742. The molecule has 0 aliphatic carbocycles. The third-order valence-electron chi connectivity index (χ3n) is 3.95. The summed E-state index contributed by atoms with van der Waals surface area (Å²) in [6.07, 6.45) is -0.217. The lowest BCUT2D eigenvalue weighted by Crippen LogP contribution is -2.56. The van der Waals surface area contributed by atoms with E-state index in [0.717, 1.165) is 0 Å². The van der Waals surface area contributed by atoms with Gasteiger partial charge in [-0.15, -0.1) is 0 Å². The molecule has 1 saturated heterocycles. The normalized spacial score (nSPS) is 18.2. The summed E-state index contributed by atoms with van der Waals surface area (Å²) in [5.41, 5.74) is 0.0861. The zero-order valence-corrected chi connectivity index (χ0v) is 16.6.